The second kappa shape index (κ2) is 13.6. The first kappa shape index (κ1) is 30.7. The zero-order chi connectivity index (χ0) is 29.6. The van der Waals surface area contributed by atoms with Gasteiger partial charge in [-0.1, -0.05) is 71.1 Å². The molecular formula is C31H35BrFN3O4S. The number of nitrogens with one attached hydrogen (secondary N) is 1. The second-order valence-electron chi connectivity index (χ2n) is 10.5. The van der Waals surface area contributed by atoms with E-state index in [0.29, 0.717) is 15.7 Å². The van der Waals surface area contributed by atoms with Gasteiger partial charge in [0.15, 0.2) is 0 Å². The predicted molar refractivity (Wildman–Crippen MR) is 161 cm³/mol. The van der Waals surface area contributed by atoms with Crippen LogP contribution < -0.4 is 9.62 Å². The van der Waals surface area contributed by atoms with Crippen LogP contribution in [0.1, 0.15) is 50.2 Å². The highest BCUT2D eigenvalue weighted by atomic mass is 79.9. The van der Waals surface area contributed by atoms with E-state index in [0.717, 1.165) is 42.0 Å². The van der Waals surface area contributed by atoms with Crippen LogP contribution in [0.4, 0.5) is 10.1 Å². The Balaban J connectivity index is 1.67. The van der Waals surface area contributed by atoms with Gasteiger partial charge in [-0.25, -0.2) is 12.8 Å². The van der Waals surface area contributed by atoms with Crippen molar-refractivity contribution in [1.29, 1.82) is 0 Å². The first-order valence-corrected chi connectivity index (χ1v) is 16.0. The van der Waals surface area contributed by atoms with Gasteiger partial charge in [0.2, 0.25) is 11.8 Å². The molecule has 0 unspecified atom stereocenters. The number of carbonyl (C=O) groups excluding carboxylic acids is 2. The number of hydrogen-bond acceptors (Lipinski definition) is 4. The van der Waals surface area contributed by atoms with Crippen LogP contribution in [0.5, 0.6) is 0 Å². The molecule has 1 saturated carbocycles. The van der Waals surface area contributed by atoms with Crippen LogP contribution in [0.2, 0.25) is 0 Å². The maximum absolute atomic E-state index is 14.0. The summed E-state index contributed by atoms with van der Waals surface area (Å²) in [6, 6.07) is 18.0. The Morgan fingerprint density at radius 1 is 1.00 bits per heavy atom. The first-order chi connectivity index (χ1) is 19.5. The number of rotatable bonds is 10. The predicted octanol–water partition coefficient (Wildman–Crippen LogP) is 5.96. The molecular weight excluding hydrogens is 609 g/mol. The fraction of sp³-hybridized carbons (Fsp3) is 0.355. The van der Waals surface area contributed by atoms with Crippen LogP contribution in [0, 0.1) is 12.7 Å². The third-order valence-electron chi connectivity index (χ3n) is 7.37. The number of halogens is 2. The van der Waals surface area contributed by atoms with Crippen molar-refractivity contribution in [2.75, 3.05) is 10.8 Å². The van der Waals surface area contributed by atoms with Crippen LogP contribution in [-0.2, 0) is 26.2 Å². The molecule has 1 fully saturated rings. The maximum atomic E-state index is 14.0. The zero-order valence-electron chi connectivity index (χ0n) is 23.2. The van der Waals surface area contributed by atoms with Crippen molar-refractivity contribution in [3.8, 4) is 0 Å². The normalized spacial score (nSPS) is 14.7. The third kappa shape index (κ3) is 7.95. The fourth-order valence-electron chi connectivity index (χ4n) is 4.94. The molecule has 1 aliphatic rings. The highest BCUT2D eigenvalue weighted by molar-refractivity contribution is 9.10. The number of hydrogen-bond donors (Lipinski definition) is 1. The summed E-state index contributed by atoms with van der Waals surface area (Å²) in [5.74, 6) is -1.28. The van der Waals surface area contributed by atoms with Crippen molar-refractivity contribution in [2.24, 2.45) is 0 Å². The van der Waals surface area contributed by atoms with Crippen molar-refractivity contribution < 1.29 is 22.4 Å². The van der Waals surface area contributed by atoms with Crippen LogP contribution in [-0.4, -0.2) is 43.8 Å². The maximum Gasteiger partial charge on any atom is 0.264 e. The van der Waals surface area contributed by atoms with E-state index in [1.165, 1.54) is 29.2 Å². The quantitative estimate of drug-likeness (QED) is 0.295. The minimum absolute atomic E-state index is 0.00920. The Morgan fingerprint density at radius 3 is 2.29 bits per heavy atom. The largest absolute Gasteiger partial charge is 0.352 e. The standard InChI is InChI=1S/C31H35BrFN3O4S/c1-22-11-17-29(18-12-22)41(39,40)36(28-10-6-7-25(32)19-28)21-30(37)35(20-24-13-15-26(33)16-14-24)23(2)31(38)34-27-8-4-3-5-9-27/h6-7,10-19,23,27H,3-5,8-9,20-21H2,1-2H3,(H,34,38)/t23-/m0/s1. The van der Waals surface area contributed by atoms with E-state index in [1.807, 2.05) is 6.92 Å². The lowest BCUT2D eigenvalue weighted by atomic mass is 9.95. The van der Waals surface area contributed by atoms with Crippen molar-refractivity contribution in [3.05, 3.63) is 94.2 Å². The van der Waals surface area contributed by atoms with Gasteiger partial charge in [-0.2, -0.15) is 0 Å². The molecule has 41 heavy (non-hydrogen) atoms. The lowest BCUT2D eigenvalue weighted by Gasteiger charge is -2.33. The van der Waals surface area contributed by atoms with E-state index < -0.39 is 34.3 Å². The van der Waals surface area contributed by atoms with Crippen LogP contribution >= 0.6 is 15.9 Å². The molecule has 0 aliphatic heterocycles. The molecule has 3 aromatic rings. The second-order valence-corrected chi connectivity index (χ2v) is 13.3. The Bertz CT molecular complexity index is 1460. The summed E-state index contributed by atoms with van der Waals surface area (Å²) in [4.78, 5) is 28.8. The van der Waals surface area contributed by atoms with E-state index in [-0.39, 0.29) is 23.4 Å². The van der Waals surface area contributed by atoms with Crippen LogP contribution in [0.25, 0.3) is 0 Å². The molecule has 2 amide bonds. The minimum Gasteiger partial charge on any atom is -0.352 e. The van der Waals surface area contributed by atoms with Crippen molar-refractivity contribution in [1.82, 2.24) is 10.2 Å². The van der Waals surface area contributed by atoms with Gasteiger partial charge in [0.25, 0.3) is 10.0 Å². The van der Waals surface area contributed by atoms with Gasteiger partial charge in [-0.05, 0) is 74.7 Å². The van der Waals surface area contributed by atoms with Crippen molar-refractivity contribution in [2.45, 2.75) is 69.5 Å². The van der Waals surface area contributed by atoms with Gasteiger partial charge in [0.05, 0.1) is 10.6 Å². The number of sulfonamides is 1. The third-order valence-corrected chi connectivity index (χ3v) is 9.65. The average Bonchev–Trinajstić information content (AvgIpc) is 2.95. The molecule has 0 spiro atoms. The Hall–Kier alpha value is -3.24. The van der Waals surface area contributed by atoms with E-state index in [4.69, 9.17) is 0 Å². The first-order valence-electron chi connectivity index (χ1n) is 13.7. The number of aryl methyl sites for hydroxylation is 1. The Kier molecular flexibility index (Phi) is 10.2. The molecule has 4 rings (SSSR count). The molecule has 7 nitrogen and oxygen atoms in total. The average molecular weight is 645 g/mol. The lowest BCUT2D eigenvalue weighted by Crippen LogP contribution is -2.53. The number of benzene rings is 3. The SMILES string of the molecule is Cc1ccc(S(=O)(=O)N(CC(=O)N(Cc2ccc(F)cc2)[C@@H](C)C(=O)NC2CCCCC2)c2cccc(Br)c2)cc1. The lowest BCUT2D eigenvalue weighted by molar-refractivity contribution is -0.139. The van der Waals surface area contributed by atoms with Crippen molar-refractivity contribution >= 4 is 43.5 Å². The summed E-state index contributed by atoms with van der Waals surface area (Å²) in [5.41, 5.74) is 1.82. The molecule has 0 radical (unpaired) electrons. The Morgan fingerprint density at radius 2 is 1.66 bits per heavy atom. The van der Waals surface area contributed by atoms with Gasteiger partial charge in [-0.15, -0.1) is 0 Å². The monoisotopic (exact) mass is 643 g/mol. The topological polar surface area (TPSA) is 86.8 Å². The van der Waals surface area contributed by atoms with E-state index in [9.17, 15) is 22.4 Å². The molecule has 0 aromatic heterocycles. The highest BCUT2D eigenvalue weighted by Crippen LogP contribution is 2.27. The zero-order valence-corrected chi connectivity index (χ0v) is 25.6. The molecule has 3 aromatic carbocycles. The summed E-state index contributed by atoms with van der Waals surface area (Å²) >= 11 is 3.40. The van der Waals surface area contributed by atoms with Gasteiger partial charge >= 0.3 is 0 Å². The van der Waals surface area contributed by atoms with E-state index in [2.05, 4.69) is 21.2 Å². The van der Waals surface area contributed by atoms with Gasteiger partial charge in [-0.3, -0.25) is 13.9 Å². The fourth-order valence-corrected chi connectivity index (χ4v) is 6.73. The summed E-state index contributed by atoms with van der Waals surface area (Å²) in [7, 11) is -4.15. The molecule has 0 saturated heterocycles. The number of carbonyl (C=O) groups is 2. The summed E-state index contributed by atoms with van der Waals surface area (Å²) < 4.78 is 43.1. The van der Waals surface area contributed by atoms with Gasteiger partial charge < -0.3 is 10.2 Å². The molecule has 1 N–H and O–H groups in total. The molecule has 10 heteroatoms. The summed E-state index contributed by atoms with van der Waals surface area (Å²) in [6.07, 6.45) is 4.98. The summed E-state index contributed by atoms with van der Waals surface area (Å²) in [5, 5.41) is 3.07. The number of anilines is 1. The Labute approximate surface area is 249 Å². The highest BCUT2D eigenvalue weighted by Gasteiger charge is 2.33. The molecule has 218 valence electrons. The molecule has 1 atom stereocenters. The van der Waals surface area contributed by atoms with Gasteiger partial charge in [0, 0.05) is 17.1 Å². The van der Waals surface area contributed by atoms with Crippen molar-refractivity contribution in [3.63, 3.8) is 0 Å². The van der Waals surface area contributed by atoms with E-state index in [1.54, 1.807) is 55.5 Å². The van der Waals surface area contributed by atoms with Crippen LogP contribution in [0.3, 0.4) is 0 Å². The van der Waals surface area contributed by atoms with Crippen LogP contribution in [0.15, 0.2) is 82.2 Å². The van der Waals surface area contributed by atoms with E-state index >= 15 is 0 Å². The molecule has 0 bridgehead atoms. The minimum atomic E-state index is -4.15. The smallest absolute Gasteiger partial charge is 0.264 e. The molecule has 0 heterocycles. The molecule has 1 aliphatic carbocycles. The van der Waals surface area contributed by atoms with Gasteiger partial charge in [0.1, 0.15) is 18.4 Å². The number of amides is 2. The summed E-state index contributed by atoms with van der Waals surface area (Å²) in [6.45, 7) is 2.97. The number of nitrogens with zero attached hydrogens (tertiary/aromatic N) is 2.